The van der Waals surface area contributed by atoms with Gasteiger partial charge in [0.05, 0.1) is 0 Å². The molecule has 132 valence electrons. The van der Waals surface area contributed by atoms with E-state index in [0.717, 1.165) is 30.5 Å². The molecule has 3 rings (SSSR count). The van der Waals surface area contributed by atoms with E-state index in [-0.39, 0.29) is 11.7 Å². The summed E-state index contributed by atoms with van der Waals surface area (Å²) in [5, 5.41) is 6.28. The number of rotatable bonds is 6. The van der Waals surface area contributed by atoms with Gasteiger partial charge in [-0.1, -0.05) is 24.3 Å². The van der Waals surface area contributed by atoms with E-state index in [1.165, 1.54) is 12.1 Å². The molecule has 2 aromatic carbocycles. The van der Waals surface area contributed by atoms with Crippen LogP contribution in [0, 0.1) is 0 Å². The summed E-state index contributed by atoms with van der Waals surface area (Å²) in [4.78, 5) is 12.2. The van der Waals surface area contributed by atoms with Crippen molar-refractivity contribution in [2.24, 2.45) is 0 Å². The third kappa shape index (κ3) is 4.76. The van der Waals surface area contributed by atoms with Gasteiger partial charge in [0.2, 0.25) is 0 Å². The maximum Gasteiger partial charge on any atom is 0.387 e. The molecule has 1 saturated heterocycles. The number of carbonyl (C=O) groups excluding carboxylic acids is 1. The Balaban J connectivity index is 1.60. The van der Waals surface area contributed by atoms with Crippen LogP contribution in [0.25, 0.3) is 11.1 Å². The van der Waals surface area contributed by atoms with Crippen LogP contribution in [0.4, 0.5) is 8.78 Å². The van der Waals surface area contributed by atoms with Crippen LogP contribution in [0.2, 0.25) is 0 Å². The lowest BCUT2D eigenvalue weighted by atomic mass is 10.0. The fourth-order valence-electron chi connectivity index (χ4n) is 2.89. The molecule has 2 N–H and O–H groups in total. The lowest BCUT2D eigenvalue weighted by Crippen LogP contribution is -2.37. The van der Waals surface area contributed by atoms with Gasteiger partial charge in [-0.3, -0.25) is 4.79 Å². The monoisotopic (exact) mass is 346 g/mol. The van der Waals surface area contributed by atoms with Crippen LogP contribution in [0.3, 0.4) is 0 Å². The van der Waals surface area contributed by atoms with Crippen molar-refractivity contribution < 1.29 is 18.3 Å². The molecule has 0 aromatic heterocycles. The standard InChI is InChI=1S/C19H20F2N2O2/c20-19(21)25-17-9-7-14(8-10-17)13-3-5-15(6-4-13)18(24)23-12-16-2-1-11-22-16/h3-10,16,19,22H,1-2,11-12H2,(H,23,24)/t16-/m0/s1. The summed E-state index contributed by atoms with van der Waals surface area (Å²) in [7, 11) is 0. The quantitative estimate of drug-likeness (QED) is 0.842. The second-order valence-corrected chi connectivity index (χ2v) is 5.98. The second-order valence-electron chi connectivity index (χ2n) is 5.98. The number of alkyl halides is 2. The SMILES string of the molecule is O=C(NC[C@@H]1CCCN1)c1ccc(-c2ccc(OC(F)F)cc2)cc1. The maximum atomic E-state index is 12.2. The van der Waals surface area contributed by atoms with Gasteiger partial charge < -0.3 is 15.4 Å². The molecule has 1 fully saturated rings. The summed E-state index contributed by atoms with van der Waals surface area (Å²) in [5.41, 5.74) is 2.36. The van der Waals surface area contributed by atoms with Crippen molar-refractivity contribution in [2.45, 2.75) is 25.5 Å². The zero-order valence-electron chi connectivity index (χ0n) is 13.7. The predicted molar refractivity (Wildman–Crippen MR) is 91.9 cm³/mol. The Morgan fingerprint density at radius 2 is 1.76 bits per heavy atom. The molecule has 1 amide bonds. The van der Waals surface area contributed by atoms with E-state index >= 15 is 0 Å². The van der Waals surface area contributed by atoms with Gasteiger partial charge in [-0.05, 0) is 54.8 Å². The largest absolute Gasteiger partial charge is 0.435 e. The van der Waals surface area contributed by atoms with E-state index in [9.17, 15) is 13.6 Å². The first-order valence-corrected chi connectivity index (χ1v) is 8.29. The zero-order chi connectivity index (χ0) is 17.6. The van der Waals surface area contributed by atoms with Gasteiger partial charge in [-0.2, -0.15) is 8.78 Å². The Kier molecular flexibility index (Phi) is 5.60. The molecule has 2 aromatic rings. The molecular weight excluding hydrogens is 326 g/mol. The number of carbonyl (C=O) groups is 1. The van der Waals surface area contributed by atoms with Crippen LogP contribution < -0.4 is 15.4 Å². The van der Waals surface area contributed by atoms with Crippen LogP contribution >= 0.6 is 0 Å². The molecule has 0 unspecified atom stereocenters. The number of benzene rings is 2. The predicted octanol–water partition coefficient (Wildman–Crippen LogP) is 3.44. The molecule has 0 bridgehead atoms. The number of ether oxygens (including phenoxy) is 1. The van der Waals surface area contributed by atoms with Crippen LogP contribution in [0.1, 0.15) is 23.2 Å². The summed E-state index contributed by atoms with van der Waals surface area (Å²) in [6.07, 6.45) is 2.24. The Labute approximate surface area is 145 Å². The summed E-state index contributed by atoms with van der Waals surface area (Å²) < 4.78 is 28.7. The van der Waals surface area contributed by atoms with Crippen molar-refractivity contribution in [1.29, 1.82) is 0 Å². The maximum absolute atomic E-state index is 12.2. The molecule has 4 nitrogen and oxygen atoms in total. The Bertz CT molecular complexity index is 696. The number of amides is 1. The van der Waals surface area contributed by atoms with E-state index in [4.69, 9.17) is 0 Å². The lowest BCUT2D eigenvalue weighted by molar-refractivity contribution is -0.0498. The molecule has 6 heteroatoms. The molecule has 1 aliphatic heterocycles. The average molecular weight is 346 g/mol. The lowest BCUT2D eigenvalue weighted by Gasteiger charge is -2.12. The highest BCUT2D eigenvalue weighted by Crippen LogP contribution is 2.23. The van der Waals surface area contributed by atoms with E-state index < -0.39 is 6.61 Å². The fraction of sp³-hybridized carbons (Fsp3) is 0.316. The first-order valence-electron chi connectivity index (χ1n) is 8.29. The summed E-state index contributed by atoms with van der Waals surface area (Å²) >= 11 is 0. The minimum absolute atomic E-state index is 0.0964. The molecule has 25 heavy (non-hydrogen) atoms. The molecule has 0 aliphatic carbocycles. The Hall–Kier alpha value is -2.47. The second kappa shape index (κ2) is 8.07. The average Bonchev–Trinajstić information content (AvgIpc) is 3.13. The first kappa shape index (κ1) is 17.4. The summed E-state index contributed by atoms with van der Waals surface area (Å²) in [6, 6.07) is 14.0. The van der Waals surface area contributed by atoms with E-state index in [0.29, 0.717) is 18.2 Å². The zero-order valence-corrected chi connectivity index (χ0v) is 13.7. The van der Waals surface area contributed by atoms with Gasteiger partial charge in [-0.15, -0.1) is 0 Å². The number of halogens is 2. The highest BCUT2D eigenvalue weighted by molar-refractivity contribution is 5.94. The van der Waals surface area contributed by atoms with Gasteiger partial charge in [0, 0.05) is 18.2 Å². The molecule has 0 radical (unpaired) electrons. The number of hydrogen-bond acceptors (Lipinski definition) is 3. The van der Waals surface area contributed by atoms with Crippen molar-refractivity contribution >= 4 is 5.91 Å². The van der Waals surface area contributed by atoms with Gasteiger partial charge in [0.25, 0.3) is 5.91 Å². The number of hydrogen-bond donors (Lipinski definition) is 2. The molecular formula is C19H20F2N2O2. The minimum atomic E-state index is -2.83. The Morgan fingerprint density at radius 3 is 2.32 bits per heavy atom. The van der Waals surface area contributed by atoms with E-state index in [2.05, 4.69) is 15.4 Å². The highest BCUT2D eigenvalue weighted by Gasteiger charge is 2.15. The van der Waals surface area contributed by atoms with Gasteiger partial charge >= 0.3 is 6.61 Å². The van der Waals surface area contributed by atoms with Crippen LogP contribution in [-0.2, 0) is 0 Å². The van der Waals surface area contributed by atoms with Gasteiger partial charge in [0.1, 0.15) is 5.75 Å². The summed E-state index contributed by atoms with van der Waals surface area (Å²) in [5.74, 6) is 0.0243. The molecule has 1 heterocycles. The summed E-state index contributed by atoms with van der Waals surface area (Å²) in [6.45, 7) is -1.19. The van der Waals surface area contributed by atoms with Crippen molar-refractivity contribution in [2.75, 3.05) is 13.1 Å². The van der Waals surface area contributed by atoms with Crippen LogP contribution in [-0.4, -0.2) is 31.7 Å². The third-order valence-corrected chi connectivity index (χ3v) is 4.23. The smallest absolute Gasteiger partial charge is 0.387 e. The first-order chi connectivity index (χ1) is 12.1. The van der Waals surface area contributed by atoms with Gasteiger partial charge in [0.15, 0.2) is 0 Å². The molecule has 0 spiro atoms. The van der Waals surface area contributed by atoms with Crippen LogP contribution in [0.15, 0.2) is 48.5 Å². The van der Waals surface area contributed by atoms with Crippen LogP contribution in [0.5, 0.6) is 5.75 Å². The minimum Gasteiger partial charge on any atom is -0.435 e. The third-order valence-electron chi connectivity index (χ3n) is 4.23. The van der Waals surface area contributed by atoms with E-state index in [1.54, 1.807) is 24.3 Å². The normalized spacial score (nSPS) is 16.8. The molecule has 1 atom stereocenters. The van der Waals surface area contributed by atoms with Crippen molar-refractivity contribution in [3.05, 3.63) is 54.1 Å². The molecule has 0 saturated carbocycles. The van der Waals surface area contributed by atoms with Crippen molar-refractivity contribution in [3.63, 3.8) is 0 Å². The topological polar surface area (TPSA) is 50.4 Å². The molecule has 1 aliphatic rings. The fourth-order valence-corrected chi connectivity index (χ4v) is 2.89. The van der Waals surface area contributed by atoms with E-state index in [1.807, 2.05) is 12.1 Å². The van der Waals surface area contributed by atoms with Crippen molar-refractivity contribution in [1.82, 2.24) is 10.6 Å². The Morgan fingerprint density at radius 1 is 1.12 bits per heavy atom. The number of nitrogens with one attached hydrogen (secondary N) is 2. The highest BCUT2D eigenvalue weighted by atomic mass is 19.3. The van der Waals surface area contributed by atoms with Crippen molar-refractivity contribution in [3.8, 4) is 16.9 Å². The van der Waals surface area contributed by atoms with Gasteiger partial charge in [-0.25, -0.2) is 0 Å².